The fourth-order valence-corrected chi connectivity index (χ4v) is 7.46. The summed E-state index contributed by atoms with van der Waals surface area (Å²) in [5.41, 5.74) is 3.99. The molecule has 4 heterocycles. The monoisotopic (exact) mass is 782 g/mol. The van der Waals surface area contributed by atoms with Crippen molar-refractivity contribution in [2.24, 2.45) is 7.05 Å². The van der Waals surface area contributed by atoms with Crippen LogP contribution in [0, 0.1) is 5.82 Å². The van der Waals surface area contributed by atoms with E-state index in [0.717, 1.165) is 27.9 Å². The second kappa shape index (κ2) is 16.3. The number of nitrogens with zero attached hydrogens (tertiary/aromatic N) is 5. The van der Waals surface area contributed by atoms with E-state index in [1.165, 1.54) is 29.0 Å². The summed E-state index contributed by atoms with van der Waals surface area (Å²) in [6.07, 6.45) is 3.49. The Hall–Kier alpha value is -4.85. The first-order valence-corrected chi connectivity index (χ1v) is 19.9. The largest absolute Gasteiger partial charge is 0.378 e. The Kier molecular flexibility index (Phi) is 11.9. The lowest BCUT2D eigenvalue weighted by Crippen LogP contribution is -2.40. The number of pyridine rings is 2. The highest BCUT2D eigenvalue weighted by Crippen LogP contribution is 2.39. The van der Waals surface area contributed by atoms with Crippen molar-refractivity contribution in [3.63, 3.8) is 0 Å². The summed E-state index contributed by atoms with van der Waals surface area (Å²) in [5, 5.41) is 8.17. The number of anilines is 2. The van der Waals surface area contributed by atoms with Crippen LogP contribution in [-0.4, -0.2) is 67.3 Å². The highest BCUT2D eigenvalue weighted by molar-refractivity contribution is 7.96. The van der Waals surface area contributed by atoms with Crippen molar-refractivity contribution in [2.45, 2.75) is 84.5 Å². The molecule has 7 rings (SSSR count). The molecule has 0 saturated carbocycles. The van der Waals surface area contributed by atoms with Gasteiger partial charge in [0.05, 0.1) is 42.2 Å². The number of hydrogen-bond acceptors (Lipinski definition) is 9. The van der Waals surface area contributed by atoms with Crippen molar-refractivity contribution in [3.05, 3.63) is 110 Å². The number of nitrogens with one attached hydrogen (secondary N) is 1. The van der Waals surface area contributed by atoms with E-state index < -0.39 is 11.4 Å². The van der Waals surface area contributed by atoms with Gasteiger partial charge in [-0.25, -0.2) is 9.37 Å². The Labute approximate surface area is 331 Å². The van der Waals surface area contributed by atoms with Gasteiger partial charge >= 0.3 is 0 Å². The average Bonchev–Trinajstić information content (AvgIpc) is 3.33. The number of benzene rings is 2. The fourth-order valence-electron chi connectivity index (χ4n) is 6.90. The molecule has 1 aliphatic heterocycles. The SMILES string of the molecule is CC.Cn1c2c(cc(Nc3ccc(C(=O)N4CCOCC4)cn3)c1=O)-c1cccc(-n3ncc4cc(C(C)(C)C)cc(F)c4c3=O)c1CC(OSC(C)(C)C)C2. The lowest BCUT2D eigenvalue weighted by Gasteiger charge is -2.26. The zero-order valence-corrected chi connectivity index (χ0v) is 34.5. The van der Waals surface area contributed by atoms with E-state index in [1.807, 2.05) is 58.9 Å². The van der Waals surface area contributed by atoms with Crippen LogP contribution in [0.15, 0.2) is 70.5 Å². The van der Waals surface area contributed by atoms with Crippen LogP contribution >= 0.6 is 12.0 Å². The number of rotatable bonds is 6. The minimum Gasteiger partial charge on any atom is -0.378 e. The van der Waals surface area contributed by atoms with Gasteiger partial charge in [-0.2, -0.15) is 9.78 Å². The predicted octanol–water partition coefficient (Wildman–Crippen LogP) is 7.76. The summed E-state index contributed by atoms with van der Waals surface area (Å²) in [5.74, 6) is -0.310. The molecule has 5 aromatic rings. The number of halogens is 1. The van der Waals surface area contributed by atoms with E-state index >= 15 is 4.39 Å². The van der Waals surface area contributed by atoms with Gasteiger partial charge < -0.3 is 23.7 Å². The van der Waals surface area contributed by atoms with Crippen LogP contribution in [0.1, 0.15) is 82.6 Å². The summed E-state index contributed by atoms with van der Waals surface area (Å²) >= 11 is 1.36. The van der Waals surface area contributed by atoms with Crippen molar-refractivity contribution in [1.29, 1.82) is 0 Å². The quantitative estimate of drug-likeness (QED) is 0.173. The molecule has 13 heteroatoms. The zero-order valence-electron chi connectivity index (χ0n) is 33.7. The molecular formula is C43H51FN6O5S. The molecule has 1 saturated heterocycles. The zero-order chi connectivity index (χ0) is 40.5. The highest BCUT2D eigenvalue weighted by atomic mass is 32.2. The van der Waals surface area contributed by atoms with E-state index in [4.69, 9.17) is 8.92 Å². The number of aromatic nitrogens is 4. The van der Waals surface area contributed by atoms with Crippen LogP contribution in [0.25, 0.3) is 27.6 Å². The smallest absolute Gasteiger partial charge is 0.282 e. The molecule has 2 aromatic carbocycles. The van der Waals surface area contributed by atoms with Gasteiger partial charge in [-0.15, -0.1) is 0 Å². The van der Waals surface area contributed by atoms with Crippen LogP contribution in [0.4, 0.5) is 15.9 Å². The molecule has 1 atom stereocenters. The van der Waals surface area contributed by atoms with Crippen LogP contribution < -0.4 is 16.4 Å². The number of hydrogen-bond donors (Lipinski definition) is 1. The molecule has 0 spiro atoms. The Morgan fingerprint density at radius 1 is 0.946 bits per heavy atom. The van der Waals surface area contributed by atoms with Crippen LogP contribution in [-0.2, 0) is 34.2 Å². The minimum atomic E-state index is -0.591. The first-order valence-electron chi connectivity index (χ1n) is 19.1. The lowest BCUT2D eigenvalue weighted by molar-refractivity contribution is 0.0302. The molecule has 11 nitrogen and oxygen atoms in total. The van der Waals surface area contributed by atoms with Crippen LogP contribution in [0.2, 0.25) is 0 Å². The van der Waals surface area contributed by atoms with E-state index in [9.17, 15) is 14.4 Å². The fraction of sp³-hybridized carbons (Fsp3) is 0.419. The molecule has 1 fully saturated rings. The first kappa shape index (κ1) is 40.8. The van der Waals surface area contributed by atoms with Crippen molar-refractivity contribution in [1.82, 2.24) is 24.2 Å². The molecule has 1 amide bonds. The second-order valence-corrected chi connectivity index (χ2v) is 17.5. The summed E-state index contributed by atoms with van der Waals surface area (Å²) in [6.45, 7) is 18.2. The maximum absolute atomic E-state index is 15.7. The van der Waals surface area contributed by atoms with Gasteiger partial charge in [0.1, 0.15) is 17.3 Å². The Bertz CT molecular complexity index is 2370. The normalized spacial score (nSPS) is 15.7. The first-order chi connectivity index (χ1) is 26.6. The lowest BCUT2D eigenvalue weighted by atomic mass is 9.86. The topological polar surface area (TPSA) is 121 Å². The maximum Gasteiger partial charge on any atom is 0.282 e. The Balaban J connectivity index is 0.00000262. The standard InChI is InChI=1S/C41H45FN6O5S.C2H6/c1-40(2,3)26-17-25-23-44-48(39(51)36(25)31(42)18-26)33-10-8-9-28-29(33)19-27(53-54-41(4,5)6)20-34-30(28)21-32(38(50)46(34)7)45-35-12-11-24(22-43-35)37(49)47-13-15-52-16-14-47;1-2/h8-12,17-18,21-23,27H,13-16,19-20H2,1-7H3,(H,43,45);1-2H3. The van der Waals surface area contributed by atoms with Gasteiger partial charge in [0.15, 0.2) is 0 Å². The summed E-state index contributed by atoms with van der Waals surface area (Å²) in [4.78, 5) is 47.2. The van der Waals surface area contributed by atoms with Gasteiger partial charge in [-0.05, 0) is 91.3 Å². The third-order valence-electron chi connectivity index (χ3n) is 9.77. The highest BCUT2D eigenvalue weighted by Gasteiger charge is 2.30. The van der Waals surface area contributed by atoms with Gasteiger partial charge in [0.2, 0.25) is 0 Å². The molecule has 3 aromatic heterocycles. The number of ether oxygens (including phenoxy) is 1. The molecule has 1 aliphatic carbocycles. The molecule has 0 radical (unpaired) electrons. The van der Waals surface area contributed by atoms with Crippen LogP contribution in [0.3, 0.4) is 0 Å². The molecule has 296 valence electrons. The van der Waals surface area contributed by atoms with Gasteiger partial charge in [-0.3, -0.25) is 14.4 Å². The van der Waals surface area contributed by atoms with E-state index in [2.05, 4.69) is 36.2 Å². The van der Waals surface area contributed by atoms with E-state index in [0.29, 0.717) is 61.6 Å². The van der Waals surface area contributed by atoms with Gasteiger partial charge in [-0.1, -0.05) is 46.8 Å². The third-order valence-corrected chi connectivity index (χ3v) is 10.6. The number of morpholine rings is 1. The summed E-state index contributed by atoms with van der Waals surface area (Å²) in [7, 11) is 1.73. The van der Waals surface area contributed by atoms with Crippen molar-refractivity contribution in [3.8, 4) is 16.8 Å². The molecule has 2 aliphatic rings. The van der Waals surface area contributed by atoms with Gasteiger partial charge in [0, 0.05) is 60.6 Å². The second-order valence-electron chi connectivity index (χ2n) is 15.9. The molecule has 56 heavy (non-hydrogen) atoms. The number of amides is 1. The number of fused-ring (bicyclic) bond motifs is 4. The predicted molar refractivity (Wildman–Crippen MR) is 222 cm³/mol. The van der Waals surface area contributed by atoms with E-state index in [1.54, 1.807) is 40.9 Å². The summed E-state index contributed by atoms with van der Waals surface area (Å²) in [6, 6.07) is 14.0. The number of carbonyl (C=O) groups is 1. The van der Waals surface area contributed by atoms with Crippen molar-refractivity contribution >= 4 is 40.2 Å². The molecule has 0 bridgehead atoms. The Morgan fingerprint density at radius 3 is 2.34 bits per heavy atom. The minimum absolute atomic E-state index is 0.0280. The van der Waals surface area contributed by atoms with Crippen molar-refractivity contribution in [2.75, 3.05) is 31.6 Å². The number of carbonyl (C=O) groups excluding carboxylic acids is 1. The average molecular weight is 783 g/mol. The molecule has 1 N–H and O–H groups in total. The van der Waals surface area contributed by atoms with Crippen molar-refractivity contribution < 1.29 is 18.1 Å². The van der Waals surface area contributed by atoms with Crippen LogP contribution in [0.5, 0.6) is 0 Å². The summed E-state index contributed by atoms with van der Waals surface area (Å²) < 4.78 is 30.2. The van der Waals surface area contributed by atoms with Gasteiger partial charge in [0.25, 0.3) is 17.0 Å². The maximum atomic E-state index is 15.7. The van der Waals surface area contributed by atoms with E-state index in [-0.39, 0.29) is 38.8 Å². The third kappa shape index (κ3) is 8.45. The Morgan fingerprint density at radius 2 is 1.68 bits per heavy atom. The molecule has 1 unspecified atom stereocenters. The molecular weight excluding hydrogens is 732 g/mol.